The van der Waals surface area contributed by atoms with Gasteiger partial charge in [0.1, 0.15) is 0 Å². The maximum atomic E-state index is 5.67. The molecule has 106 valence electrons. The van der Waals surface area contributed by atoms with E-state index in [9.17, 15) is 0 Å². The molecule has 1 saturated heterocycles. The van der Waals surface area contributed by atoms with E-state index in [4.69, 9.17) is 15.2 Å². The fraction of sp³-hybridized carbons (Fsp3) is 0.600. The van der Waals surface area contributed by atoms with Gasteiger partial charge in [-0.1, -0.05) is 12.1 Å². The number of likely N-dealkylation sites (tertiary alicyclic amines) is 1. The monoisotopic (exact) mass is 264 g/mol. The first-order valence-electron chi connectivity index (χ1n) is 6.86. The number of rotatable bonds is 5. The summed E-state index contributed by atoms with van der Waals surface area (Å²) in [5.74, 6) is 2.17. The first kappa shape index (κ1) is 14.2. The van der Waals surface area contributed by atoms with E-state index in [-0.39, 0.29) is 0 Å². The van der Waals surface area contributed by atoms with Crippen LogP contribution < -0.4 is 15.2 Å². The second-order valence-corrected chi connectivity index (χ2v) is 5.15. The molecule has 2 unspecified atom stereocenters. The average Bonchev–Trinajstić information content (AvgIpc) is 2.79. The maximum absolute atomic E-state index is 5.67. The summed E-state index contributed by atoms with van der Waals surface area (Å²) >= 11 is 0. The highest BCUT2D eigenvalue weighted by molar-refractivity contribution is 5.48. The molecule has 0 amide bonds. The second-order valence-electron chi connectivity index (χ2n) is 5.15. The zero-order valence-corrected chi connectivity index (χ0v) is 12.1. The van der Waals surface area contributed by atoms with Crippen molar-refractivity contribution in [2.24, 2.45) is 5.73 Å². The molecule has 4 heteroatoms. The molecule has 2 rings (SSSR count). The van der Waals surface area contributed by atoms with Crippen LogP contribution >= 0.6 is 0 Å². The fourth-order valence-electron chi connectivity index (χ4n) is 3.03. The molecule has 2 N–H and O–H groups in total. The molecule has 0 bridgehead atoms. The Kier molecular flexibility index (Phi) is 4.66. The molecule has 4 nitrogen and oxygen atoms in total. The van der Waals surface area contributed by atoms with Crippen LogP contribution in [-0.2, 0) is 0 Å². The number of para-hydroxylation sites is 1. The maximum Gasteiger partial charge on any atom is 0.164 e. The van der Waals surface area contributed by atoms with Crippen LogP contribution in [0.2, 0.25) is 0 Å². The van der Waals surface area contributed by atoms with Gasteiger partial charge in [0, 0.05) is 37.2 Å². The summed E-state index contributed by atoms with van der Waals surface area (Å²) in [5, 5.41) is 0. The van der Waals surface area contributed by atoms with Gasteiger partial charge in [-0.25, -0.2) is 0 Å². The van der Waals surface area contributed by atoms with E-state index in [1.807, 2.05) is 12.1 Å². The lowest BCUT2D eigenvalue weighted by molar-refractivity contribution is 0.274. The third kappa shape index (κ3) is 2.85. The highest BCUT2D eigenvalue weighted by atomic mass is 16.5. The van der Waals surface area contributed by atoms with Crippen molar-refractivity contribution in [2.75, 3.05) is 33.9 Å². The molecular weight excluding hydrogens is 240 g/mol. The standard InChI is InChI=1S/C15H24N2O2/c1-11-9-12(10-17(11)8-7-16)13-5-4-6-14(18-2)15(13)19-3/h4-6,11-12H,7-10,16H2,1-3H3. The van der Waals surface area contributed by atoms with Crippen LogP contribution in [0.4, 0.5) is 0 Å². The van der Waals surface area contributed by atoms with Crippen molar-refractivity contribution in [3.8, 4) is 11.5 Å². The van der Waals surface area contributed by atoms with Crippen LogP contribution in [0, 0.1) is 0 Å². The molecule has 1 fully saturated rings. The van der Waals surface area contributed by atoms with Gasteiger partial charge in [0.15, 0.2) is 11.5 Å². The zero-order valence-electron chi connectivity index (χ0n) is 12.1. The molecule has 2 atom stereocenters. The van der Waals surface area contributed by atoms with E-state index in [2.05, 4.69) is 17.9 Å². The molecular formula is C15H24N2O2. The SMILES string of the molecule is COc1cccc(C2CC(C)N(CCN)C2)c1OC. The number of hydrogen-bond acceptors (Lipinski definition) is 4. The van der Waals surface area contributed by atoms with Gasteiger partial charge < -0.3 is 15.2 Å². The summed E-state index contributed by atoms with van der Waals surface area (Å²) in [7, 11) is 3.39. The van der Waals surface area contributed by atoms with Gasteiger partial charge in [-0.3, -0.25) is 4.90 Å². The number of ether oxygens (including phenoxy) is 2. The van der Waals surface area contributed by atoms with Crippen molar-refractivity contribution < 1.29 is 9.47 Å². The lowest BCUT2D eigenvalue weighted by Crippen LogP contribution is -2.32. The van der Waals surface area contributed by atoms with E-state index in [1.54, 1.807) is 14.2 Å². The van der Waals surface area contributed by atoms with Crippen LogP contribution in [0.25, 0.3) is 0 Å². The smallest absolute Gasteiger partial charge is 0.164 e. The lowest BCUT2D eigenvalue weighted by Gasteiger charge is -2.20. The summed E-state index contributed by atoms with van der Waals surface area (Å²) in [6.07, 6.45) is 1.14. The molecule has 1 aromatic carbocycles. The Labute approximate surface area is 115 Å². The summed E-state index contributed by atoms with van der Waals surface area (Å²) < 4.78 is 10.9. The fourth-order valence-corrected chi connectivity index (χ4v) is 3.03. The molecule has 1 heterocycles. The topological polar surface area (TPSA) is 47.7 Å². The number of hydrogen-bond donors (Lipinski definition) is 1. The summed E-state index contributed by atoms with van der Waals surface area (Å²) in [6.45, 7) is 4.99. The summed E-state index contributed by atoms with van der Waals surface area (Å²) in [4.78, 5) is 2.45. The van der Waals surface area contributed by atoms with Gasteiger partial charge in [-0.05, 0) is 19.4 Å². The predicted octanol–water partition coefficient (Wildman–Crippen LogP) is 1.84. The Bertz CT molecular complexity index is 423. The minimum absolute atomic E-state index is 0.492. The van der Waals surface area contributed by atoms with E-state index < -0.39 is 0 Å². The number of benzene rings is 1. The average molecular weight is 264 g/mol. The van der Waals surface area contributed by atoms with Crippen molar-refractivity contribution in [3.63, 3.8) is 0 Å². The summed E-state index contributed by atoms with van der Waals surface area (Å²) in [6, 6.07) is 6.69. The largest absolute Gasteiger partial charge is 0.493 e. The first-order chi connectivity index (χ1) is 9.21. The Balaban J connectivity index is 2.23. The highest BCUT2D eigenvalue weighted by Crippen LogP contribution is 2.40. The van der Waals surface area contributed by atoms with Gasteiger partial charge in [0.25, 0.3) is 0 Å². The number of methoxy groups -OCH3 is 2. The number of nitrogens with two attached hydrogens (primary N) is 1. The second kappa shape index (κ2) is 6.26. The van der Waals surface area contributed by atoms with Crippen molar-refractivity contribution in [3.05, 3.63) is 23.8 Å². The van der Waals surface area contributed by atoms with E-state index in [0.717, 1.165) is 31.0 Å². The molecule has 0 spiro atoms. The quantitative estimate of drug-likeness (QED) is 0.881. The third-order valence-corrected chi connectivity index (χ3v) is 3.99. The Hall–Kier alpha value is -1.26. The molecule has 0 aliphatic carbocycles. The Morgan fingerprint density at radius 2 is 2.11 bits per heavy atom. The Morgan fingerprint density at radius 1 is 1.32 bits per heavy atom. The Morgan fingerprint density at radius 3 is 2.74 bits per heavy atom. The molecule has 19 heavy (non-hydrogen) atoms. The van der Waals surface area contributed by atoms with E-state index >= 15 is 0 Å². The van der Waals surface area contributed by atoms with Crippen LogP contribution in [0.15, 0.2) is 18.2 Å². The molecule has 0 saturated carbocycles. The molecule has 0 aromatic heterocycles. The van der Waals surface area contributed by atoms with Crippen molar-refractivity contribution in [2.45, 2.75) is 25.3 Å². The van der Waals surface area contributed by atoms with Crippen molar-refractivity contribution >= 4 is 0 Å². The highest BCUT2D eigenvalue weighted by Gasteiger charge is 2.31. The van der Waals surface area contributed by atoms with Crippen molar-refractivity contribution in [1.29, 1.82) is 0 Å². The summed E-state index contributed by atoms with van der Waals surface area (Å²) in [5.41, 5.74) is 6.91. The minimum Gasteiger partial charge on any atom is -0.493 e. The normalized spacial score (nSPS) is 23.6. The molecule has 0 radical (unpaired) electrons. The van der Waals surface area contributed by atoms with Crippen LogP contribution in [0.3, 0.4) is 0 Å². The van der Waals surface area contributed by atoms with Crippen LogP contribution in [0.1, 0.15) is 24.8 Å². The van der Waals surface area contributed by atoms with Crippen molar-refractivity contribution in [1.82, 2.24) is 4.90 Å². The molecule has 1 aromatic rings. The first-order valence-corrected chi connectivity index (χ1v) is 6.86. The lowest BCUT2D eigenvalue weighted by atomic mass is 9.95. The van der Waals surface area contributed by atoms with Crippen LogP contribution in [0.5, 0.6) is 11.5 Å². The van der Waals surface area contributed by atoms with Gasteiger partial charge in [-0.2, -0.15) is 0 Å². The van der Waals surface area contributed by atoms with E-state index in [1.165, 1.54) is 5.56 Å². The van der Waals surface area contributed by atoms with Gasteiger partial charge >= 0.3 is 0 Å². The van der Waals surface area contributed by atoms with Gasteiger partial charge in [0.05, 0.1) is 14.2 Å². The van der Waals surface area contributed by atoms with Gasteiger partial charge in [-0.15, -0.1) is 0 Å². The predicted molar refractivity (Wildman–Crippen MR) is 77.0 cm³/mol. The minimum atomic E-state index is 0.492. The zero-order chi connectivity index (χ0) is 13.8. The molecule has 1 aliphatic heterocycles. The number of nitrogens with zero attached hydrogens (tertiary/aromatic N) is 1. The third-order valence-electron chi connectivity index (χ3n) is 3.99. The van der Waals surface area contributed by atoms with Crippen LogP contribution in [-0.4, -0.2) is 44.8 Å². The molecule has 1 aliphatic rings. The van der Waals surface area contributed by atoms with E-state index in [0.29, 0.717) is 18.5 Å². The van der Waals surface area contributed by atoms with Gasteiger partial charge in [0.2, 0.25) is 0 Å².